The molecule has 0 radical (unpaired) electrons. The van der Waals surface area contributed by atoms with E-state index in [-0.39, 0.29) is 11.7 Å². The van der Waals surface area contributed by atoms with Crippen LogP contribution in [0.3, 0.4) is 0 Å². The molecule has 2 heterocycles. The number of phenols is 1. The number of ether oxygens (including phenoxy) is 1. The van der Waals surface area contributed by atoms with Crippen LogP contribution in [0.25, 0.3) is 0 Å². The van der Waals surface area contributed by atoms with Crippen molar-refractivity contribution in [1.82, 2.24) is 14.8 Å². The topological polar surface area (TPSA) is 101 Å². The van der Waals surface area contributed by atoms with Crippen molar-refractivity contribution in [2.75, 3.05) is 17.7 Å². The van der Waals surface area contributed by atoms with Crippen molar-refractivity contribution in [1.29, 1.82) is 0 Å². The molecule has 0 aliphatic carbocycles. The number of carbonyl (C=O) groups excluding carboxylic acids is 1. The molecule has 154 valence electrons. The molecule has 0 saturated heterocycles. The van der Waals surface area contributed by atoms with E-state index in [4.69, 9.17) is 4.74 Å². The van der Waals surface area contributed by atoms with Crippen LogP contribution in [0.2, 0.25) is 0 Å². The molecule has 1 amide bonds. The number of amides is 1. The van der Waals surface area contributed by atoms with Gasteiger partial charge in [0.1, 0.15) is 12.4 Å². The molecule has 4 rings (SSSR count). The van der Waals surface area contributed by atoms with Crippen LogP contribution in [-0.4, -0.2) is 32.9 Å². The summed E-state index contributed by atoms with van der Waals surface area (Å²) in [5.41, 5.74) is 4.77. The van der Waals surface area contributed by atoms with Crippen LogP contribution < -0.4 is 15.4 Å². The highest BCUT2D eigenvalue weighted by Gasteiger charge is 2.34. The standard InChI is InChI=1S/C22H23N5O3/c1-12-5-7-16(13(2)9-12)26-21(29)19-14(3)25-22-23-11-24-27(22)20(19)15-6-8-17(28)18(10-15)30-4/h5-11,20,28H,1-4H3,(H,26,29)(H,23,24,25)/t20-/m0/s1. The fraction of sp³-hybridized carbons (Fsp3) is 0.227. The molecule has 8 heteroatoms. The Bertz CT molecular complexity index is 1170. The third-order valence-corrected chi connectivity index (χ3v) is 5.19. The Labute approximate surface area is 174 Å². The first-order valence-electron chi connectivity index (χ1n) is 9.52. The zero-order chi connectivity index (χ0) is 21.4. The van der Waals surface area contributed by atoms with Gasteiger partial charge < -0.3 is 20.5 Å². The second kappa shape index (κ2) is 7.55. The second-order valence-corrected chi connectivity index (χ2v) is 7.30. The zero-order valence-electron chi connectivity index (χ0n) is 17.2. The van der Waals surface area contributed by atoms with E-state index in [9.17, 15) is 9.90 Å². The molecule has 8 nitrogen and oxygen atoms in total. The lowest BCUT2D eigenvalue weighted by molar-refractivity contribution is -0.113. The molecular weight excluding hydrogens is 382 g/mol. The Morgan fingerprint density at radius 1 is 1.20 bits per heavy atom. The number of anilines is 2. The number of hydrogen-bond donors (Lipinski definition) is 3. The molecule has 3 aromatic rings. The monoisotopic (exact) mass is 405 g/mol. The summed E-state index contributed by atoms with van der Waals surface area (Å²) in [4.78, 5) is 17.6. The first-order valence-corrected chi connectivity index (χ1v) is 9.52. The van der Waals surface area contributed by atoms with Gasteiger partial charge >= 0.3 is 0 Å². The van der Waals surface area contributed by atoms with E-state index >= 15 is 0 Å². The van der Waals surface area contributed by atoms with E-state index in [2.05, 4.69) is 20.7 Å². The van der Waals surface area contributed by atoms with Gasteiger partial charge in [0.05, 0.1) is 12.7 Å². The van der Waals surface area contributed by atoms with E-state index in [1.54, 1.807) is 22.9 Å². The van der Waals surface area contributed by atoms with Crippen LogP contribution in [0.15, 0.2) is 54.0 Å². The molecule has 0 fully saturated rings. The summed E-state index contributed by atoms with van der Waals surface area (Å²) in [5, 5.41) is 20.5. The van der Waals surface area contributed by atoms with Crippen molar-refractivity contribution in [3.05, 3.63) is 70.7 Å². The summed E-state index contributed by atoms with van der Waals surface area (Å²) in [6, 6.07) is 10.3. The largest absolute Gasteiger partial charge is 0.504 e. The maximum Gasteiger partial charge on any atom is 0.255 e. The van der Waals surface area contributed by atoms with Gasteiger partial charge in [-0.1, -0.05) is 23.8 Å². The minimum absolute atomic E-state index is 0.0241. The highest BCUT2D eigenvalue weighted by atomic mass is 16.5. The first-order chi connectivity index (χ1) is 14.4. The minimum atomic E-state index is -0.538. The summed E-state index contributed by atoms with van der Waals surface area (Å²) in [7, 11) is 1.48. The molecule has 2 aromatic carbocycles. The SMILES string of the molecule is COc1cc([C@H]2C(C(=O)Nc3ccc(C)cc3C)=C(C)Nc3ncnn32)ccc1O. The summed E-state index contributed by atoms with van der Waals surface area (Å²) in [6.07, 6.45) is 1.44. The van der Waals surface area contributed by atoms with Crippen molar-refractivity contribution in [2.45, 2.75) is 26.8 Å². The Kier molecular flexibility index (Phi) is 4.91. The fourth-order valence-corrected chi connectivity index (χ4v) is 3.70. The first kappa shape index (κ1) is 19.5. The lowest BCUT2D eigenvalue weighted by atomic mass is 9.94. The molecule has 3 N–H and O–H groups in total. The van der Waals surface area contributed by atoms with E-state index in [0.29, 0.717) is 23.0 Å². The van der Waals surface area contributed by atoms with Gasteiger partial charge in [-0.05, 0) is 50.1 Å². The number of aromatic hydroxyl groups is 1. The Hall–Kier alpha value is -3.81. The Morgan fingerprint density at radius 2 is 2.00 bits per heavy atom. The fourth-order valence-electron chi connectivity index (χ4n) is 3.70. The van der Waals surface area contributed by atoms with Crippen molar-refractivity contribution in [3.63, 3.8) is 0 Å². The van der Waals surface area contributed by atoms with Crippen LogP contribution in [0.1, 0.15) is 29.7 Å². The van der Waals surface area contributed by atoms with Crippen molar-refractivity contribution >= 4 is 17.5 Å². The molecule has 30 heavy (non-hydrogen) atoms. The third-order valence-electron chi connectivity index (χ3n) is 5.19. The number of fused-ring (bicyclic) bond motifs is 1. The van der Waals surface area contributed by atoms with Crippen molar-refractivity contribution in [2.24, 2.45) is 0 Å². The molecule has 0 spiro atoms. The summed E-state index contributed by atoms with van der Waals surface area (Å²) >= 11 is 0. The zero-order valence-corrected chi connectivity index (χ0v) is 17.2. The van der Waals surface area contributed by atoms with Crippen LogP contribution in [-0.2, 0) is 4.79 Å². The van der Waals surface area contributed by atoms with Gasteiger partial charge in [-0.3, -0.25) is 4.79 Å². The summed E-state index contributed by atoms with van der Waals surface area (Å²) < 4.78 is 6.91. The molecular formula is C22H23N5O3. The number of nitrogens with one attached hydrogen (secondary N) is 2. The van der Waals surface area contributed by atoms with Crippen LogP contribution in [0, 0.1) is 13.8 Å². The lowest BCUT2D eigenvalue weighted by Crippen LogP contribution is -2.31. The predicted octanol–water partition coefficient (Wildman–Crippen LogP) is 3.54. The smallest absolute Gasteiger partial charge is 0.255 e. The lowest BCUT2D eigenvalue weighted by Gasteiger charge is -2.29. The maximum atomic E-state index is 13.4. The molecule has 1 aliphatic heterocycles. The minimum Gasteiger partial charge on any atom is -0.504 e. The average Bonchev–Trinajstić information content (AvgIpc) is 3.17. The maximum absolute atomic E-state index is 13.4. The molecule has 1 aliphatic rings. The highest BCUT2D eigenvalue weighted by Crippen LogP contribution is 2.38. The number of rotatable bonds is 4. The van der Waals surface area contributed by atoms with Crippen LogP contribution in [0.5, 0.6) is 11.5 Å². The number of aryl methyl sites for hydroxylation is 2. The van der Waals surface area contributed by atoms with Crippen molar-refractivity contribution in [3.8, 4) is 11.5 Å². The van der Waals surface area contributed by atoms with Gasteiger partial charge in [-0.25, -0.2) is 4.68 Å². The van der Waals surface area contributed by atoms with E-state index in [1.807, 2.05) is 39.0 Å². The molecule has 1 atom stereocenters. The quantitative estimate of drug-likeness (QED) is 0.614. The molecule has 1 aromatic heterocycles. The summed E-state index contributed by atoms with van der Waals surface area (Å²) in [6.45, 7) is 5.80. The third kappa shape index (κ3) is 3.36. The van der Waals surface area contributed by atoms with Crippen molar-refractivity contribution < 1.29 is 14.6 Å². The van der Waals surface area contributed by atoms with Gasteiger partial charge in [0.2, 0.25) is 5.95 Å². The predicted molar refractivity (Wildman–Crippen MR) is 114 cm³/mol. The number of allylic oxidation sites excluding steroid dienone is 1. The van der Waals surface area contributed by atoms with Crippen LogP contribution >= 0.6 is 0 Å². The van der Waals surface area contributed by atoms with Crippen LogP contribution in [0.4, 0.5) is 11.6 Å². The Morgan fingerprint density at radius 3 is 2.73 bits per heavy atom. The highest BCUT2D eigenvalue weighted by molar-refractivity contribution is 6.06. The number of carbonyl (C=O) groups is 1. The normalized spacial score (nSPS) is 15.4. The number of methoxy groups -OCH3 is 1. The molecule has 0 saturated carbocycles. The van der Waals surface area contributed by atoms with Gasteiger partial charge in [0.15, 0.2) is 11.5 Å². The van der Waals surface area contributed by atoms with E-state index in [1.165, 1.54) is 13.4 Å². The number of nitrogens with zero attached hydrogens (tertiary/aromatic N) is 3. The van der Waals surface area contributed by atoms with Gasteiger partial charge in [-0.15, -0.1) is 0 Å². The molecule has 0 unspecified atom stereocenters. The second-order valence-electron chi connectivity index (χ2n) is 7.30. The van der Waals surface area contributed by atoms with Gasteiger partial charge in [0.25, 0.3) is 5.91 Å². The van der Waals surface area contributed by atoms with Gasteiger partial charge in [0, 0.05) is 11.4 Å². The average molecular weight is 405 g/mol. The number of aromatic nitrogens is 3. The summed E-state index contributed by atoms with van der Waals surface area (Å²) in [5.74, 6) is 0.633. The number of phenolic OH excluding ortho intramolecular Hbond substituents is 1. The number of hydrogen-bond acceptors (Lipinski definition) is 6. The number of benzene rings is 2. The van der Waals surface area contributed by atoms with E-state index < -0.39 is 6.04 Å². The Balaban J connectivity index is 1.78. The van der Waals surface area contributed by atoms with Gasteiger partial charge in [-0.2, -0.15) is 10.1 Å². The molecule has 0 bridgehead atoms. The van der Waals surface area contributed by atoms with E-state index in [0.717, 1.165) is 22.4 Å².